The molecule has 1 aromatic heterocycles. The number of unbranched alkanes of at least 4 members (excludes halogenated alkanes) is 9. The van der Waals surface area contributed by atoms with Gasteiger partial charge in [0.05, 0.1) is 17.3 Å². The zero-order chi connectivity index (χ0) is 16.8. The van der Waals surface area contributed by atoms with Crippen LogP contribution in [-0.2, 0) is 6.42 Å². The molecule has 5 heteroatoms. The van der Waals surface area contributed by atoms with Gasteiger partial charge in [-0.1, -0.05) is 64.7 Å². The first-order valence-corrected chi connectivity index (χ1v) is 9.72. The Morgan fingerprint density at radius 2 is 1.43 bits per heavy atom. The summed E-state index contributed by atoms with van der Waals surface area (Å²) in [6, 6.07) is 2.14. The third kappa shape index (κ3) is 8.74. The summed E-state index contributed by atoms with van der Waals surface area (Å²) in [5, 5.41) is 7.24. The Morgan fingerprint density at radius 3 is 2.00 bits per heavy atom. The molecular weight excluding hydrogens is 304 g/mol. The van der Waals surface area contributed by atoms with Gasteiger partial charge in [0, 0.05) is 4.88 Å². The Balaban J connectivity index is 2.17. The van der Waals surface area contributed by atoms with Gasteiger partial charge in [-0.15, -0.1) is 11.3 Å². The van der Waals surface area contributed by atoms with E-state index in [0.717, 1.165) is 16.2 Å². The van der Waals surface area contributed by atoms with Crippen molar-refractivity contribution in [2.75, 3.05) is 0 Å². The van der Waals surface area contributed by atoms with Gasteiger partial charge in [-0.3, -0.25) is 0 Å². The third-order valence-corrected chi connectivity index (χ3v) is 5.10. The molecule has 0 aliphatic heterocycles. The highest BCUT2D eigenvalue weighted by Crippen LogP contribution is 2.22. The van der Waals surface area contributed by atoms with E-state index in [9.17, 15) is 0 Å². The van der Waals surface area contributed by atoms with Crippen molar-refractivity contribution in [1.82, 2.24) is 0 Å². The molecule has 0 bridgehead atoms. The second kappa shape index (κ2) is 13.1. The highest BCUT2D eigenvalue weighted by molar-refractivity contribution is 7.15. The molecule has 1 aromatic rings. The van der Waals surface area contributed by atoms with Crippen molar-refractivity contribution in [3.63, 3.8) is 0 Å². The van der Waals surface area contributed by atoms with Crippen LogP contribution >= 0.6 is 11.3 Å². The summed E-state index contributed by atoms with van der Waals surface area (Å²) in [5.41, 5.74) is 1.30. The number of nitrogens with zero attached hydrogens (tertiary/aromatic N) is 2. The van der Waals surface area contributed by atoms with Crippen LogP contribution in [0.15, 0.2) is 16.3 Å². The van der Waals surface area contributed by atoms with Gasteiger partial charge in [0.25, 0.3) is 0 Å². The first-order chi connectivity index (χ1) is 11.3. The minimum absolute atomic E-state index is 1.06. The van der Waals surface area contributed by atoms with Crippen LogP contribution in [0.2, 0.25) is 0 Å². The SMILES string of the molecule is CCCCCCCCCCCCc1cc(/C=N/N)sc1/C=N/N. The van der Waals surface area contributed by atoms with Crippen LogP contribution in [0, 0.1) is 0 Å². The Bertz CT molecular complexity index is 466. The fraction of sp³-hybridized carbons (Fsp3) is 0.667. The van der Waals surface area contributed by atoms with Gasteiger partial charge in [-0.25, -0.2) is 0 Å². The second-order valence-corrected chi connectivity index (χ2v) is 7.14. The van der Waals surface area contributed by atoms with Gasteiger partial charge in [0.2, 0.25) is 0 Å². The normalized spacial score (nSPS) is 11.9. The quantitative estimate of drug-likeness (QED) is 0.235. The van der Waals surface area contributed by atoms with Gasteiger partial charge >= 0.3 is 0 Å². The van der Waals surface area contributed by atoms with E-state index in [0.29, 0.717) is 0 Å². The van der Waals surface area contributed by atoms with Crippen LogP contribution in [0.3, 0.4) is 0 Å². The van der Waals surface area contributed by atoms with Crippen molar-refractivity contribution in [3.05, 3.63) is 21.4 Å². The summed E-state index contributed by atoms with van der Waals surface area (Å²) >= 11 is 1.63. The van der Waals surface area contributed by atoms with Crippen molar-refractivity contribution in [1.29, 1.82) is 0 Å². The highest BCUT2D eigenvalue weighted by atomic mass is 32.1. The summed E-state index contributed by atoms with van der Waals surface area (Å²) in [6.07, 6.45) is 18.1. The summed E-state index contributed by atoms with van der Waals surface area (Å²) < 4.78 is 0. The minimum atomic E-state index is 1.06. The average molecular weight is 337 g/mol. The molecule has 0 aromatic carbocycles. The van der Waals surface area contributed by atoms with E-state index < -0.39 is 0 Å². The van der Waals surface area contributed by atoms with Gasteiger partial charge in [0.15, 0.2) is 0 Å². The monoisotopic (exact) mass is 336 g/mol. The third-order valence-electron chi connectivity index (χ3n) is 4.05. The van der Waals surface area contributed by atoms with Crippen molar-refractivity contribution in [2.45, 2.75) is 77.6 Å². The molecule has 0 aliphatic rings. The Labute approximate surface area is 145 Å². The first-order valence-electron chi connectivity index (χ1n) is 8.91. The van der Waals surface area contributed by atoms with Crippen molar-refractivity contribution >= 4 is 23.8 Å². The first kappa shape index (κ1) is 19.7. The van der Waals surface area contributed by atoms with Crippen molar-refractivity contribution < 1.29 is 0 Å². The Kier molecular flexibility index (Phi) is 11.2. The second-order valence-electron chi connectivity index (χ2n) is 6.03. The lowest BCUT2D eigenvalue weighted by Crippen LogP contribution is -1.91. The maximum absolute atomic E-state index is 5.28. The van der Waals surface area contributed by atoms with Crippen LogP contribution in [0.5, 0.6) is 0 Å². The van der Waals surface area contributed by atoms with Crippen LogP contribution in [0.4, 0.5) is 0 Å². The molecule has 0 unspecified atom stereocenters. The fourth-order valence-electron chi connectivity index (χ4n) is 2.78. The zero-order valence-electron chi connectivity index (χ0n) is 14.5. The molecule has 0 aliphatic carbocycles. The molecule has 0 radical (unpaired) electrons. The molecule has 0 spiro atoms. The summed E-state index contributed by atoms with van der Waals surface area (Å²) in [4.78, 5) is 2.18. The Hall–Kier alpha value is -1.36. The van der Waals surface area contributed by atoms with E-state index in [-0.39, 0.29) is 0 Å². The molecule has 0 saturated heterocycles. The largest absolute Gasteiger partial charge is 0.323 e. The van der Waals surface area contributed by atoms with Crippen molar-refractivity contribution in [3.8, 4) is 0 Å². The maximum atomic E-state index is 5.28. The topological polar surface area (TPSA) is 76.8 Å². The standard InChI is InChI=1S/C18H32N4S/c1-2-3-4-5-6-7-8-9-10-11-12-16-13-17(14-21-19)23-18(16)15-22-20/h13-15H,2-12,19-20H2,1H3/b21-14+,22-15+. The van der Waals surface area contributed by atoms with Crippen LogP contribution in [0.25, 0.3) is 0 Å². The molecule has 0 amide bonds. The smallest absolute Gasteiger partial charge is 0.0640 e. The average Bonchev–Trinajstić information content (AvgIpc) is 2.92. The molecule has 0 saturated carbocycles. The molecule has 0 fully saturated rings. The molecule has 1 heterocycles. The predicted octanol–water partition coefficient (Wildman–Crippen LogP) is 4.80. The lowest BCUT2D eigenvalue weighted by molar-refractivity contribution is 0.556. The summed E-state index contributed by atoms with van der Waals surface area (Å²) in [7, 11) is 0. The highest BCUT2D eigenvalue weighted by Gasteiger charge is 2.06. The number of hydrogen-bond donors (Lipinski definition) is 2. The number of hydrogen-bond acceptors (Lipinski definition) is 5. The lowest BCUT2D eigenvalue weighted by atomic mass is 10.0. The van der Waals surface area contributed by atoms with E-state index in [1.165, 1.54) is 69.8 Å². The number of aryl methyl sites for hydroxylation is 1. The number of thiophene rings is 1. The molecule has 23 heavy (non-hydrogen) atoms. The zero-order valence-corrected chi connectivity index (χ0v) is 15.3. The Morgan fingerprint density at radius 1 is 0.870 bits per heavy atom. The number of hydrazone groups is 2. The van der Waals surface area contributed by atoms with Crippen LogP contribution in [-0.4, -0.2) is 12.4 Å². The summed E-state index contributed by atoms with van der Waals surface area (Å²) in [5.74, 6) is 10.5. The van der Waals surface area contributed by atoms with Crippen molar-refractivity contribution in [2.24, 2.45) is 21.9 Å². The van der Waals surface area contributed by atoms with Crippen LogP contribution < -0.4 is 11.7 Å². The minimum Gasteiger partial charge on any atom is -0.323 e. The number of nitrogens with two attached hydrogens (primary N) is 2. The van der Waals surface area contributed by atoms with Gasteiger partial charge in [-0.05, 0) is 24.5 Å². The molecular formula is C18H32N4S. The maximum Gasteiger partial charge on any atom is 0.0640 e. The van der Waals surface area contributed by atoms with E-state index >= 15 is 0 Å². The summed E-state index contributed by atoms with van der Waals surface area (Å²) in [6.45, 7) is 2.27. The van der Waals surface area contributed by atoms with E-state index in [1.54, 1.807) is 23.8 Å². The van der Waals surface area contributed by atoms with Gasteiger partial charge in [-0.2, -0.15) is 10.2 Å². The predicted molar refractivity (Wildman–Crippen MR) is 103 cm³/mol. The molecule has 1 rings (SSSR count). The van der Waals surface area contributed by atoms with E-state index in [2.05, 4.69) is 23.2 Å². The van der Waals surface area contributed by atoms with Gasteiger partial charge in [0.1, 0.15) is 0 Å². The molecule has 4 N–H and O–H groups in total. The molecule has 4 nitrogen and oxygen atoms in total. The van der Waals surface area contributed by atoms with Gasteiger partial charge < -0.3 is 11.7 Å². The van der Waals surface area contributed by atoms with E-state index in [1.807, 2.05) is 0 Å². The lowest BCUT2D eigenvalue weighted by Gasteiger charge is -2.02. The fourth-order valence-corrected chi connectivity index (χ4v) is 3.75. The number of rotatable bonds is 13. The molecule has 130 valence electrons. The molecule has 0 atom stereocenters. The van der Waals surface area contributed by atoms with E-state index in [4.69, 9.17) is 11.7 Å². The van der Waals surface area contributed by atoms with Crippen LogP contribution in [0.1, 0.15) is 86.4 Å².